The molecule has 0 aliphatic rings. The first kappa shape index (κ1) is 12.1. The number of nitrogens with zero attached hydrogens (tertiary/aromatic N) is 2. The molecule has 0 radical (unpaired) electrons. The highest BCUT2D eigenvalue weighted by Gasteiger charge is 2.16. The molecule has 0 spiro atoms. The fourth-order valence-electron chi connectivity index (χ4n) is 1.48. The van der Waals surface area contributed by atoms with E-state index in [0.29, 0.717) is 17.5 Å². The first-order valence-electron chi connectivity index (χ1n) is 5.52. The number of carbonyl (C=O) groups excluding carboxylic acids is 1. The number of pyridine rings is 1. The lowest BCUT2D eigenvalue weighted by Crippen LogP contribution is -2.27. The highest BCUT2D eigenvalue weighted by atomic mass is 16.4. The molecule has 2 aromatic rings. The smallest absolute Gasteiger partial charge is 0.270 e. The van der Waals surface area contributed by atoms with Crippen molar-refractivity contribution in [2.75, 3.05) is 5.73 Å². The molecule has 0 aliphatic carbocycles. The largest absolute Gasteiger partial charge is 0.444 e. The second-order valence-corrected chi connectivity index (χ2v) is 3.95. The number of hydrogen-bond donors (Lipinski definition) is 2. The fraction of sp³-hybridized carbons (Fsp3) is 0.250. The number of hydrogen-bond acceptors (Lipinski definition) is 5. The van der Waals surface area contributed by atoms with Gasteiger partial charge in [-0.2, -0.15) is 0 Å². The first-order valence-corrected chi connectivity index (χ1v) is 5.52. The van der Waals surface area contributed by atoms with E-state index >= 15 is 0 Å². The van der Waals surface area contributed by atoms with Crippen LogP contribution in [0, 0.1) is 6.92 Å². The Labute approximate surface area is 104 Å². The maximum atomic E-state index is 11.9. The quantitative estimate of drug-likeness (QED) is 0.854. The number of carbonyl (C=O) groups is 1. The monoisotopic (exact) mass is 246 g/mol. The van der Waals surface area contributed by atoms with E-state index in [0.717, 1.165) is 0 Å². The predicted molar refractivity (Wildman–Crippen MR) is 65.8 cm³/mol. The van der Waals surface area contributed by atoms with E-state index in [1.54, 1.807) is 38.2 Å². The van der Waals surface area contributed by atoms with Gasteiger partial charge in [-0.3, -0.25) is 4.79 Å². The minimum absolute atomic E-state index is 0.269. The van der Waals surface area contributed by atoms with Crippen LogP contribution in [0.1, 0.15) is 35.1 Å². The Bertz CT molecular complexity index is 565. The standard InChI is InChI=1S/C12H14N4O2/c1-7-6-14-12(18-7)8(2)15-11(17)9-4-3-5-10(13)16-9/h3-6,8H,1-2H3,(H2,13,16)(H,15,17). The average Bonchev–Trinajstić information content (AvgIpc) is 2.76. The average molecular weight is 246 g/mol. The van der Waals surface area contributed by atoms with Crippen LogP contribution in [0.15, 0.2) is 28.8 Å². The van der Waals surface area contributed by atoms with Gasteiger partial charge in [-0.1, -0.05) is 6.07 Å². The van der Waals surface area contributed by atoms with Crippen molar-refractivity contribution in [3.05, 3.63) is 41.7 Å². The molecule has 0 aliphatic heterocycles. The van der Waals surface area contributed by atoms with Crippen molar-refractivity contribution in [1.82, 2.24) is 15.3 Å². The van der Waals surface area contributed by atoms with Crippen LogP contribution in [-0.2, 0) is 0 Å². The van der Waals surface area contributed by atoms with Gasteiger partial charge in [-0.15, -0.1) is 0 Å². The molecule has 0 saturated heterocycles. The topological polar surface area (TPSA) is 94.0 Å². The summed E-state index contributed by atoms with van der Waals surface area (Å²) in [6.45, 7) is 3.58. The number of amides is 1. The van der Waals surface area contributed by atoms with Crippen LogP contribution in [0.3, 0.4) is 0 Å². The number of aromatic nitrogens is 2. The summed E-state index contributed by atoms with van der Waals surface area (Å²) in [6, 6.07) is 4.57. The lowest BCUT2D eigenvalue weighted by molar-refractivity contribution is 0.0929. The zero-order valence-electron chi connectivity index (χ0n) is 10.2. The van der Waals surface area contributed by atoms with Gasteiger partial charge in [0.25, 0.3) is 5.91 Å². The number of nitrogen functional groups attached to an aromatic ring is 1. The third-order valence-corrected chi connectivity index (χ3v) is 2.36. The number of nitrogens with one attached hydrogen (secondary N) is 1. The van der Waals surface area contributed by atoms with Crippen LogP contribution in [0.2, 0.25) is 0 Å². The zero-order chi connectivity index (χ0) is 13.1. The molecule has 0 aromatic carbocycles. The van der Waals surface area contributed by atoms with Crippen molar-refractivity contribution in [1.29, 1.82) is 0 Å². The second kappa shape index (κ2) is 4.87. The Kier molecular flexibility index (Phi) is 3.27. The molecular formula is C12H14N4O2. The van der Waals surface area contributed by atoms with E-state index in [4.69, 9.17) is 10.2 Å². The highest BCUT2D eigenvalue weighted by molar-refractivity contribution is 5.92. The third-order valence-electron chi connectivity index (χ3n) is 2.36. The molecule has 6 heteroatoms. The highest BCUT2D eigenvalue weighted by Crippen LogP contribution is 2.12. The second-order valence-electron chi connectivity index (χ2n) is 3.95. The molecule has 1 atom stereocenters. The van der Waals surface area contributed by atoms with Crippen molar-refractivity contribution < 1.29 is 9.21 Å². The van der Waals surface area contributed by atoms with Crippen molar-refractivity contribution >= 4 is 11.7 Å². The number of aryl methyl sites for hydroxylation is 1. The maximum absolute atomic E-state index is 11.9. The fourth-order valence-corrected chi connectivity index (χ4v) is 1.48. The summed E-state index contributed by atoms with van der Waals surface area (Å²) in [5, 5.41) is 2.74. The van der Waals surface area contributed by atoms with Gasteiger partial charge in [0.2, 0.25) is 5.89 Å². The summed E-state index contributed by atoms with van der Waals surface area (Å²) < 4.78 is 5.33. The van der Waals surface area contributed by atoms with Gasteiger partial charge in [-0.05, 0) is 26.0 Å². The normalized spacial score (nSPS) is 12.1. The Morgan fingerprint density at radius 1 is 1.50 bits per heavy atom. The molecule has 2 heterocycles. The van der Waals surface area contributed by atoms with Gasteiger partial charge < -0.3 is 15.5 Å². The van der Waals surface area contributed by atoms with E-state index < -0.39 is 0 Å². The van der Waals surface area contributed by atoms with Gasteiger partial charge in [0.15, 0.2) is 0 Å². The molecule has 3 N–H and O–H groups in total. The Hall–Kier alpha value is -2.37. The van der Waals surface area contributed by atoms with Crippen LogP contribution >= 0.6 is 0 Å². The molecule has 2 aromatic heterocycles. The minimum atomic E-state index is -0.325. The van der Waals surface area contributed by atoms with Crippen LogP contribution in [0.25, 0.3) is 0 Å². The van der Waals surface area contributed by atoms with E-state index in [1.807, 2.05) is 0 Å². The lowest BCUT2D eigenvalue weighted by Gasteiger charge is -2.10. The maximum Gasteiger partial charge on any atom is 0.270 e. The van der Waals surface area contributed by atoms with E-state index in [-0.39, 0.29) is 17.6 Å². The predicted octanol–water partition coefficient (Wildman–Crippen LogP) is 1.45. The molecule has 6 nitrogen and oxygen atoms in total. The van der Waals surface area contributed by atoms with Crippen LogP contribution in [-0.4, -0.2) is 15.9 Å². The molecule has 2 rings (SSSR count). The Balaban J connectivity index is 2.08. The molecule has 0 fully saturated rings. The molecular weight excluding hydrogens is 232 g/mol. The molecule has 0 saturated carbocycles. The van der Waals surface area contributed by atoms with Crippen molar-refractivity contribution in [3.63, 3.8) is 0 Å². The molecule has 1 amide bonds. The molecule has 18 heavy (non-hydrogen) atoms. The number of rotatable bonds is 3. The molecule has 1 unspecified atom stereocenters. The summed E-state index contributed by atoms with van der Waals surface area (Å²) >= 11 is 0. The summed E-state index contributed by atoms with van der Waals surface area (Å²) in [4.78, 5) is 19.9. The van der Waals surface area contributed by atoms with E-state index in [1.165, 1.54) is 0 Å². The van der Waals surface area contributed by atoms with Crippen LogP contribution < -0.4 is 11.1 Å². The van der Waals surface area contributed by atoms with E-state index in [9.17, 15) is 4.79 Å². The van der Waals surface area contributed by atoms with Gasteiger partial charge in [0.05, 0.1) is 6.20 Å². The lowest BCUT2D eigenvalue weighted by atomic mass is 10.3. The Morgan fingerprint density at radius 3 is 2.89 bits per heavy atom. The molecule has 94 valence electrons. The van der Waals surface area contributed by atoms with Crippen molar-refractivity contribution in [2.24, 2.45) is 0 Å². The van der Waals surface area contributed by atoms with Crippen molar-refractivity contribution in [3.8, 4) is 0 Å². The van der Waals surface area contributed by atoms with Gasteiger partial charge >= 0.3 is 0 Å². The van der Waals surface area contributed by atoms with Crippen molar-refractivity contribution in [2.45, 2.75) is 19.9 Å². The van der Waals surface area contributed by atoms with Crippen LogP contribution in [0.4, 0.5) is 5.82 Å². The summed E-state index contributed by atoms with van der Waals surface area (Å²) in [6.07, 6.45) is 1.61. The summed E-state index contributed by atoms with van der Waals surface area (Å²) in [7, 11) is 0. The van der Waals surface area contributed by atoms with Gasteiger partial charge in [0, 0.05) is 0 Å². The van der Waals surface area contributed by atoms with Gasteiger partial charge in [-0.25, -0.2) is 9.97 Å². The number of anilines is 1. The summed E-state index contributed by atoms with van der Waals surface area (Å²) in [5.41, 5.74) is 5.79. The minimum Gasteiger partial charge on any atom is -0.444 e. The Morgan fingerprint density at radius 2 is 2.28 bits per heavy atom. The SMILES string of the molecule is Cc1cnc(C(C)NC(=O)c2cccc(N)n2)o1. The molecule has 0 bridgehead atoms. The zero-order valence-corrected chi connectivity index (χ0v) is 10.2. The van der Waals surface area contributed by atoms with Crippen LogP contribution in [0.5, 0.6) is 0 Å². The number of oxazole rings is 1. The first-order chi connectivity index (χ1) is 8.56. The summed E-state index contributed by atoms with van der Waals surface area (Å²) in [5.74, 6) is 1.16. The van der Waals surface area contributed by atoms with Gasteiger partial charge in [0.1, 0.15) is 23.3 Å². The number of nitrogens with two attached hydrogens (primary N) is 1. The third kappa shape index (κ3) is 2.65. The van der Waals surface area contributed by atoms with E-state index in [2.05, 4.69) is 15.3 Å².